The van der Waals surface area contributed by atoms with E-state index in [9.17, 15) is 18.0 Å². The summed E-state index contributed by atoms with van der Waals surface area (Å²) in [6.45, 7) is 4.49. The van der Waals surface area contributed by atoms with Crippen LogP contribution in [0.4, 0.5) is 0 Å². The number of sulfonamides is 1. The topological polar surface area (TPSA) is 101 Å². The number of carbonyl (C=O) groups is 2. The third kappa shape index (κ3) is 4.61. The van der Waals surface area contributed by atoms with Crippen molar-refractivity contribution in [2.45, 2.75) is 30.6 Å². The van der Waals surface area contributed by atoms with Crippen molar-refractivity contribution in [3.8, 4) is 0 Å². The molecule has 2 aliphatic rings. The van der Waals surface area contributed by atoms with Gasteiger partial charge in [-0.05, 0) is 55.5 Å². The zero-order valence-corrected chi connectivity index (χ0v) is 20.4. The molecule has 3 aromatic rings. The van der Waals surface area contributed by atoms with Crippen LogP contribution in [0.1, 0.15) is 52.0 Å². The van der Waals surface area contributed by atoms with Gasteiger partial charge < -0.3 is 9.64 Å². The van der Waals surface area contributed by atoms with Gasteiger partial charge in [-0.25, -0.2) is 12.9 Å². The lowest BCUT2D eigenvalue weighted by Crippen LogP contribution is -2.40. The van der Waals surface area contributed by atoms with Gasteiger partial charge in [0.2, 0.25) is 10.0 Å². The Balaban J connectivity index is 1.30. The van der Waals surface area contributed by atoms with Gasteiger partial charge in [-0.2, -0.15) is 9.40 Å². The molecule has 10 heteroatoms. The van der Waals surface area contributed by atoms with Crippen molar-refractivity contribution in [1.82, 2.24) is 18.8 Å². The molecule has 0 unspecified atom stereocenters. The van der Waals surface area contributed by atoms with Gasteiger partial charge in [-0.15, -0.1) is 0 Å². The number of fused-ring (bicyclic) bond motifs is 1. The minimum absolute atomic E-state index is 0.0443. The van der Waals surface area contributed by atoms with Gasteiger partial charge in [0.15, 0.2) is 5.78 Å². The molecule has 0 atom stereocenters. The number of nitrogens with zero attached hydrogens (tertiary/aromatic N) is 4. The number of aromatic nitrogens is 2. The van der Waals surface area contributed by atoms with E-state index in [1.54, 1.807) is 27.7 Å². The van der Waals surface area contributed by atoms with Crippen LogP contribution in [0.15, 0.2) is 53.7 Å². The van der Waals surface area contributed by atoms with Crippen molar-refractivity contribution < 1.29 is 22.7 Å². The van der Waals surface area contributed by atoms with Gasteiger partial charge in [0.1, 0.15) is 0 Å². The third-order valence-electron chi connectivity index (χ3n) is 6.90. The first-order chi connectivity index (χ1) is 16.8. The first-order valence-corrected chi connectivity index (χ1v) is 13.2. The summed E-state index contributed by atoms with van der Waals surface area (Å²) in [6.07, 6.45) is 4.84. The molecule has 0 bridgehead atoms. The lowest BCUT2D eigenvalue weighted by Gasteiger charge is -2.31. The highest BCUT2D eigenvalue weighted by molar-refractivity contribution is 7.89. The number of carbonyl (C=O) groups excluding carboxylic acids is 2. The number of amides is 1. The fourth-order valence-corrected chi connectivity index (χ4v) is 6.26. The second-order valence-corrected chi connectivity index (χ2v) is 10.9. The van der Waals surface area contributed by atoms with Crippen LogP contribution in [0.2, 0.25) is 0 Å². The van der Waals surface area contributed by atoms with Crippen LogP contribution in [0.25, 0.3) is 5.52 Å². The summed E-state index contributed by atoms with van der Waals surface area (Å²) in [4.78, 5) is 26.5. The molecule has 1 amide bonds. The SMILES string of the molecule is CC(=O)c1ccc(S(=O)(=O)N2CCC(c3ccn4ncc(C(=O)N5CCOCC5)c4c3)CC2)cc1. The Bertz CT molecular complexity index is 1350. The van der Waals surface area contributed by atoms with Crippen LogP contribution >= 0.6 is 0 Å². The maximum absolute atomic E-state index is 13.1. The Morgan fingerprint density at radius 1 is 1.00 bits per heavy atom. The molecule has 9 nitrogen and oxygen atoms in total. The molecular weight excluding hydrogens is 468 g/mol. The van der Waals surface area contributed by atoms with E-state index in [1.807, 2.05) is 18.3 Å². The molecule has 2 aromatic heterocycles. The molecule has 2 saturated heterocycles. The zero-order chi connectivity index (χ0) is 24.6. The van der Waals surface area contributed by atoms with E-state index >= 15 is 0 Å². The van der Waals surface area contributed by atoms with Crippen molar-refractivity contribution in [3.63, 3.8) is 0 Å². The summed E-state index contributed by atoms with van der Waals surface area (Å²) in [5.41, 5.74) is 2.91. The highest BCUT2D eigenvalue weighted by Crippen LogP contribution is 2.32. The minimum atomic E-state index is -3.62. The number of hydrogen-bond acceptors (Lipinski definition) is 6. The Kier molecular flexibility index (Phi) is 6.43. The highest BCUT2D eigenvalue weighted by atomic mass is 32.2. The van der Waals surface area contributed by atoms with Crippen molar-refractivity contribution >= 4 is 27.2 Å². The summed E-state index contributed by atoms with van der Waals surface area (Å²) in [5.74, 6) is 0.0460. The van der Waals surface area contributed by atoms with Crippen LogP contribution in [0.5, 0.6) is 0 Å². The summed E-state index contributed by atoms with van der Waals surface area (Å²) >= 11 is 0. The number of hydrogen-bond donors (Lipinski definition) is 0. The molecule has 0 N–H and O–H groups in total. The van der Waals surface area contributed by atoms with E-state index in [0.29, 0.717) is 63.4 Å². The smallest absolute Gasteiger partial charge is 0.257 e. The maximum atomic E-state index is 13.1. The minimum Gasteiger partial charge on any atom is -0.378 e. The van der Waals surface area contributed by atoms with E-state index in [0.717, 1.165) is 11.1 Å². The van der Waals surface area contributed by atoms with Crippen LogP contribution in [-0.4, -0.2) is 78.3 Å². The van der Waals surface area contributed by atoms with E-state index in [1.165, 1.54) is 23.4 Å². The molecule has 1 aromatic carbocycles. The molecule has 35 heavy (non-hydrogen) atoms. The van der Waals surface area contributed by atoms with Crippen molar-refractivity contribution in [1.29, 1.82) is 0 Å². The molecular formula is C25H28N4O5S. The fraction of sp³-hybridized carbons (Fsp3) is 0.400. The summed E-state index contributed by atoms with van der Waals surface area (Å²) in [7, 11) is -3.62. The monoisotopic (exact) mass is 496 g/mol. The quantitative estimate of drug-likeness (QED) is 0.503. The molecule has 0 radical (unpaired) electrons. The van der Waals surface area contributed by atoms with Crippen LogP contribution in [0, 0.1) is 0 Å². The molecule has 2 aliphatic heterocycles. The van der Waals surface area contributed by atoms with Gasteiger partial charge in [-0.3, -0.25) is 9.59 Å². The number of Topliss-reactive ketones (excluding diaryl/α,β-unsaturated/α-hetero) is 1. The van der Waals surface area contributed by atoms with Gasteiger partial charge >= 0.3 is 0 Å². The van der Waals surface area contributed by atoms with Crippen molar-refractivity contribution in [3.05, 3.63) is 65.5 Å². The second kappa shape index (κ2) is 9.52. The lowest BCUT2D eigenvalue weighted by atomic mass is 9.90. The lowest BCUT2D eigenvalue weighted by molar-refractivity contribution is 0.0304. The van der Waals surface area contributed by atoms with Crippen molar-refractivity contribution in [2.75, 3.05) is 39.4 Å². The van der Waals surface area contributed by atoms with E-state index in [-0.39, 0.29) is 22.5 Å². The van der Waals surface area contributed by atoms with Gasteiger partial charge in [0, 0.05) is 37.9 Å². The largest absolute Gasteiger partial charge is 0.378 e. The standard InChI is InChI=1S/C25H28N4O5S/c1-18(30)19-2-4-22(5-3-19)35(32,33)28-9-6-20(7-10-28)21-8-11-29-24(16-21)23(17-26-29)25(31)27-12-14-34-15-13-27/h2-5,8,11,16-17,20H,6-7,9-10,12-15H2,1H3. The Labute approximate surface area is 204 Å². The Morgan fingerprint density at radius 3 is 2.34 bits per heavy atom. The van der Waals surface area contributed by atoms with E-state index < -0.39 is 10.0 Å². The number of pyridine rings is 1. The molecule has 184 valence electrons. The van der Waals surface area contributed by atoms with Crippen LogP contribution < -0.4 is 0 Å². The maximum Gasteiger partial charge on any atom is 0.257 e. The summed E-state index contributed by atoms with van der Waals surface area (Å²) < 4.78 is 34.8. The molecule has 5 rings (SSSR count). The molecule has 0 aliphatic carbocycles. The van der Waals surface area contributed by atoms with Crippen LogP contribution in [-0.2, 0) is 14.8 Å². The third-order valence-corrected chi connectivity index (χ3v) is 8.81. The predicted molar refractivity (Wildman–Crippen MR) is 129 cm³/mol. The van der Waals surface area contributed by atoms with Gasteiger partial charge in [0.05, 0.1) is 35.4 Å². The first-order valence-electron chi connectivity index (χ1n) is 11.8. The molecule has 4 heterocycles. The number of piperidine rings is 1. The zero-order valence-electron chi connectivity index (χ0n) is 19.6. The fourth-order valence-electron chi connectivity index (χ4n) is 4.79. The summed E-state index contributed by atoms with van der Waals surface area (Å²) in [6, 6.07) is 10.1. The Morgan fingerprint density at radius 2 is 1.69 bits per heavy atom. The number of morpholine rings is 1. The Hall–Kier alpha value is -3.08. The molecule has 0 spiro atoms. The average molecular weight is 497 g/mol. The van der Waals surface area contributed by atoms with E-state index in [2.05, 4.69) is 5.10 Å². The number of benzene rings is 1. The highest BCUT2D eigenvalue weighted by Gasteiger charge is 2.30. The van der Waals surface area contributed by atoms with Crippen molar-refractivity contribution in [2.24, 2.45) is 0 Å². The van der Waals surface area contributed by atoms with Crippen LogP contribution in [0.3, 0.4) is 0 Å². The number of rotatable bonds is 5. The average Bonchev–Trinajstić information content (AvgIpc) is 3.32. The number of ketones is 1. The van der Waals surface area contributed by atoms with Gasteiger partial charge in [0.25, 0.3) is 5.91 Å². The van der Waals surface area contributed by atoms with E-state index in [4.69, 9.17) is 4.74 Å². The predicted octanol–water partition coefficient (Wildman–Crippen LogP) is 2.58. The van der Waals surface area contributed by atoms with Gasteiger partial charge in [-0.1, -0.05) is 12.1 Å². The summed E-state index contributed by atoms with van der Waals surface area (Å²) in [5, 5.41) is 4.35. The number of ether oxygens (including phenoxy) is 1. The normalized spacial score (nSPS) is 18.1. The second-order valence-electron chi connectivity index (χ2n) is 9.01. The molecule has 0 saturated carbocycles. The molecule has 2 fully saturated rings. The first kappa shape index (κ1) is 23.7.